The number of rotatable bonds is 6. The molecule has 0 amide bonds. The molecule has 0 atom stereocenters. The average Bonchev–Trinajstić information content (AvgIpc) is 2.86. The predicted molar refractivity (Wildman–Crippen MR) is 73.3 cm³/mol. The second-order valence-electron chi connectivity index (χ2n) is 4.27. The molecular formula is C13H15N3O2S. The van der Waals surface area contributed by atoms with Crippen LogP contribution in [-0.2, 0) is 13.0 Å². The molecule has 0 aliphatic carbocycles. The molecule has 0 aliphatic heterocycles. The fraction of sp³-hybridized carbons (Fsp3) is 0.308. The summed E-state index contributed by atoms with van der Waals surface area (Å²) in [6.07, 6.45) is 4.51. The van der Waals surface area contributed by atoms with E-state index in [1.54, 1.807) is 17.8 Å². The van der Waals surface area contributed by atoms with E-state index in [9.17, 15) is 4.79 Å². The molecule has 0 unspecified atom stereocenters. The van der Waals surface area contributed by atoms with Crippen molar-refractivity contribution < 1.29 is 9.90 Å². The summed E-state index contributed by atoms with van der Waals surface area (Å²) in [6.45, 7) is 1.56. The third-order valence-electron chi connectivity index (χ3n) is 2.71. The zero-order valence-electron chi connectivity index (χ0n) is 10.6. The molecule has 100 valence electrons. The van der Waals surface area contributed by atoms with Crippen LogP contribution in [0.25, 0.3) is 0 Å². The first-order chi connectivity index (χ1) is 9.15. The molecule has 6 heteroatoms. The summed E-state index contributed by atoms with van der Waals surface area (Å²) >= 11 is 1.38. The van der Waals surface area contributed by atoms with Crippen LogP contribution in [-0.4, -0.2) is 39.5 Å². The van der Waals surface area contributed by atoms with Gasteiger partial charge in [-0.25, -0.2) is 9.78 Å². The number of hydrogen-bond acceptors (Lipinski definition) is 5. The van der Waals surface area contributed by atoms with Crippen LogP contribution in [0, 0.1) is 0 Å². The van der Waals surface area contributed by atoms with Crippen LogP contribution in [0.2, 0.25) is 0 Å². The van der Waals surface area contributed by atoms with E-state index in [-0.39, 0.29) is 5.69 Å². The van der Waals surface area contributed by atoms with Gasteiger partial charge in [-0.15, -0.1) is 11.3 Å². The second kappa shape index (κ2) is 6.40. The first-order valence-electron chi connectivity index (χ1n) is 5.90. The third-order valence-corrected chi connectivity index (χ3v) is 3.54. The van der Waals surface area contributed by atoms with Gasteiger partial charge in [-0.05, 0) is 31.2 Å². The molecule has 1 N–H and O–H groups in total. The standard InChI is InChI=1S/C13H15N3O2S/c1-16(7-4-10-2-5-14-6-3-10)8-12-15-11(9-19-12)13(17)18/h2-3,5-6,9H,4,7-8H2,1H3,(H,17,18). The lowest BCUT2D eigenvalue weighted by Gasteiger charge is -2.14. The highest BCUT2D eigenvalue weighted by Crippen LogP contribution is 2.12. The molecule has 0 fully saturated rings. The maximum atomic E-state index is 10.7. The highest BCUT2D eigenvalue weighted by molar-refractivity contribution is 7.09. The zero-order chi connectivity index (χ0) is 13.7. The molecule has 0 bridgehead atoms. The molecule has 0 saturated heterocycles. The van der Waals surface area contributed by atoms with Gasteiger partial charge in [0, 0.05) is 24.3 Å². The van der Waals surface area contributed by atoms with Crippen molar-refractivity contribution in [3.8, 4) is 0 Å². The summed E-state index contributed by atoms with van der Waals surface area (Å²) < 4.78 is 0. The van der Waals surface area contributed by atoms with Gasteiger partial charge >= 0.3 is 5.97 Å². The number of aromatic carboxylic acids is 1. The van der Waals surface area contributed by atoms with Gasteiger partial charge in [0.2, 0.25) is 0 Å². The Morgan fingerprint density at radius 2 is 2.16 bits per heavy atom. The summed E-state index contributed by atoms with van der Waals surface area (Å²) in [5.74, 6) is -0.970. The number of carbonyl (C=O) groups is 1. The van der Waals surface area contributed by atoms with E-state index in [0.717, 1.165) is 18.0 Å². The van der Waals surface area contributed by atoms with E-state index in [2.05, 4.69) is 14.9 Å². The average molecular weight is 277 g/mol. The van der Waals surface area contributed by atoms with Gasteiger partial charge in [0.25, 0.3) is 0 Å². The number of likely N-dealkylation sites (N-methyl/N-ethyl adjacent to an activating group) is 1. The Kier molecular flexibility index (Phi) is 4.59. The van der Waals surface area contributed by atoms with Crippen LogP contribution in [0.1, 0.15) is 21.1 Å². The van der Waals surface area contributed by atoms with Gasteiger partial charge in [-0.2, -0.15) is 0 Å². The largest absolute Gasteiger partial charge is 0.476 e. The maximum Gasteiger partial charge on any atom is 0.355 e. The second-order valence-corrected chi connectivity index (χ2v) is 5.22. The molecule has 2 rings (SSSR count). The van der Waals surface area contributed by atoms with Crippen LogP contribution >= 0.6 is 11.3 Å². The van der Waals surface area contributed by atoms with Gasteiger partial charge in [-0.1, -0.05) is 0 Å². The van der Waals surface area contributed by atoms with Crippen molar-refractivity contribution in [2.75, 3.05) is 13.6 Å². The van der Waals surface area contributed by atoms with E-state index >= 15 is 0 Å². The molecular weight excluding hydrogens is 262 g/mol. The van der Waals surface area contributed by atoms with Crippen molar-refractivity contribution in [1.29, 1.82) is 0 Å². The fourth-order valence-corrected chi connectivity index (χ4v) is 2.51. The molecule has 0 spiro atoms. The van der Waals surface area contributed by atoms with Crippen LogP contribution in [0.3, 0.4) is 0 Å². The Bertz CT molecular complexity index is 542. The van der Waals surface area contributed by atoms with Crippen molar-refractivity contribution in [3.63, 3.8) is 0 Å². The maximum absolute atomic E-state index is 10.7. The molecule has 0 aliphatic rings. The van der Waals surface area contributed by atoms with Crippen LogP contribution < -0.4 is 0 Å². The van der Waals surface area contributed by atoms with Crippen LogP contribution in [0.5, 0.6) is 0 Å². The molecule has 2 heterocycles. The SMILES string of the molecule is CN(CCc1ccncc1)Cc1nc(C(=O)O)cs1. The van der Waals surface area contributed by atoms with Crippen molar-refractivity contribution in [1.82, 2.24) is 14.9 Å². The van der Waals surface area contributed by atoms with E-state index in [0.29, 0.717) is 6.54 Å². The summed E-state index contributed by atoms with van der Waals surface area (Å²) in [5, 5.41) is 11.2. The minimum atomic E-state index is -0.970. The summed E-state index contributed by atoms with van der Waals surface area (Å²) in [7, 11) is 2.00. The minimum absolute atomic E-state index is 0.127. The minimum Gasteiger partial charge on any atom is -0.476 e. The van der Waals surface area contributed by atoms with Gasteiger partial charge < -0.3 is 5.11 Å². The molecule has 0 radical (unpaired) electrons. The molecule has 19 heavy (non-hydrogen) atoms. The van der Waals surface area contributed by atoms with Gasteiger partial charge in [0.15, 0.2) is 5.69 Å². The number of pyridine rings is 1. The predicted octanol–water partition coefficient (Wildman–Crippen LogP) is 1.91. The normalized spacial score (nSPS) is 10.8. The van der Waals surface area contributed by atoms with Crippen molar-refractivity contribution in [2.24, 2.45) is 0 Å². The number of carboxylic acid groups (broad SMARTS) is 1. The summed E-state index contributed by atoms with van der Waals surface area (Å²) in [6, 6.07) is 4.00. The number of hydrogen-bond donors (Lipinski definition) is 1. The molecule has 2 aromatic heterocycles. The van der Waals surface area contributed by atoms with E-state index in [4.69, 9.17) is 5.11 Å². The Balaban J connectivity index is 1.83. The molecule has 0 saturated carbocycles. The fourth-order valence-electron chi connectivity index (χ4n) is 1.66. The van der Waals surface area contributed by atoms with Crippen LogP contribution in [0.15, 0.2) is 29.9 Å². The van der Waals surface area contributed by atoms with E-state index in [1.165, 1.54) is 16.9 Å². The number of carboxylic acids is 1. The molecule has 0 aromatic carbocycles. The zero-order valence-corrected chi connectivity index (χ0v) is 11.4. The summed E-state index contributed by atoms with van der Waals surface area (Å²) in [5.41, 5.74) is 1.37. The topological polar surface area (TPSA) is 66.3 Å². The smallest absolute Gasteiger partial charge is 0.355 e. The highest BCUT2D eigenvalue weighted by atomic mass is 32.1. The van der Waals surface area contributed by atoms with Gasteiger partial charge in [0.05, 0.1) is 6.54 Å². The van der Waals surface area contributed by atoms with E-state index < -0.39 is 5.97 Å². The van der Waals surface area contributed by atoms with Crippen molar-refractivity contribution in [3.05, 3.63) is 46.2 Å². The third kappa shape index (κ3) is 4.11. The molecule has 2 aromatic rings. The van der Waals surface area contributed by atoms with Gasteiger partial charge in [-0.3, -0.25) is 9.88 Å². The Labute approximate surface area is 115 Å². The van der Waals surface area contributed by atoms with Crippen LogP contribution in [0.4, 0.5) is 0 Å². The van der Waals surface area contributed by atoms with Crippen molar-refractivity contribution in [2.45, 2.75) is 13.0 Å². The molecule has 5 nitrogen and oxygen atoms in total. The van der Waals surface area contributed by atoms with Crippen molar-refractivity contribution >= 4 is 17.3 Å². The Hall–Kier alpha value is -1.79. The Morgan fingerprint density at radius 1 is 1.42 bits per heavy atom. The van der Waals surface area contributed by atoms with Gasteiger partial charge in [0.1, 0.15) is 5.01 Å². The highest BCUT2D eigenvalue weighted by Gasteiger charge is 2.10. The summed E-state index contributed by atoms with van der Waals surface area (Å²) in [4.78, 5) is 20.9. The lowest BCUT2D eigenvalue weighted by molar-refractivity contribution is 0.0691. The quantitative estimate of drug-likeness (QED) is 0.873. The Morgan fingerprint density at radius 3 is 2.79 bits per heavy atom. The number of nitrogens with zero attached hydrogens (tertiary/aromatic N) is 3. The number of thiazole rings is 1. The van der Waals surface area contributed by atoms with E-state index in [1.807, 2.05) is 19.2 Å². The number of aromatic nitrogens is 2. The first-order valence-corrected chi connectivity index (χ1v) is 6.78. The first kappa shape index (κ1) is 13.6. The lowest BCUT2D eigenvalue weighted by atomic mass is 10.2. The lowest BCUT2D eigenvalue weighted by Crippen LogP contribution is -2.20. The monoisotopic (exact) mass is 277 g/mol.